The summed E-state index contributed by atoms with van der Waals surface area (Å²) in [6.07, 6.45) is 0. The number of aryl methyl sites for hydroxylation is 3. The Kier molecular flexibility index (Phi) is 6.92. The van der Waals surface area contributed by atoms with Gasteiger partial charge in [-0.05, 0) is 46.2 Å². The van der Waals surface area contributed by atoms with Crippen LogP contribution in [-0.2, 0) is 17.9 Å². The largest absolute Gasteiger partial charge is 0.485 e. The second-order valence-corrected chi connectivity index (χ2v) is 8.91. The van der Waals surface area contributed by atoms with E-state index in [1.165, 1.54) is 28.7 Å². The van der Waals surface area contributed by atoms with Gasteiger partial charge in [-0.15, -0.1) is 21.5 Å². The summed E-state index contributed by atoms with van der Waals surface area (Å²) in [6, 6.07) is 6.09. The number of ether oxygens (including phenoxy) is 1. The lowest BCUT2D eigenvalue weighted by Gasteiger charge is -2.13. The van der Waals surface area contributed by atoms with Crippen LogP contribution in [0.1, 0.15) is 36.5 Å². The summed E-state index contributed by atoms with van der Waals surface area (Å²) < 4.78 is 7.93. The third-order valence-corrected chi connectivity index (χ3v) is 6.25. The average Bonchev–Trinajstić information content (AvgIpc) is 3.26. The van der Waals surface area contributed by atoms with Gasteiger partial charge in [0.15, 0.2) is 16.1 Å². The maximum Gasteiger partial charge on any atom is 0.239 e. The number of hydrogen-bond acceptors (Lipinski definition) is 7. The number of nitrogens with one attached hydrogen (secondary N) is 1. The van der Waals surface area contributed by atoms with Crippen LogP contribution in [0.2, 0.25) is 0 Å². The Morgan fingerprint density at radius 2 is 2.10 bits per heavy atom. The first-order valence-corrected chi connectivity index (χ1v) is 11.1. The average molecular weight is 432 g/mol. The van der Waals surface area contributed by atoms with Crippen LogP contribution in [0.5, 0.6) is 5.75 Å². The monoisotopic (exact) mass is 431 g/mol. The van der Waals surface area contributed by atoms with Crippen molar-refractivity contribution in [3.8, 4) is 5.75 Å². The highest BCUT2D eigenvalue weighted by Gasteiger charge is 2.21. The molecule has 9 heteroatoms. The number of hydrogen-bond donors (Lipinski definition) is 1. The van der Waals surface area contributed by atoms with Gasteiger partial charge >= 0.3 is 0 Å². The van der Waals surface area contributed by atoms with E-state index in [1.54, 1.807) is 0 Å². The molecule has 0 radical (unpaired) electrons. The van der Waals surface area contributed by atoms with E-state index in [4.69, 9.17) is 4.74 Å². The summed E-state index contributed by atoms with van der Waals surface area (Å²) in [5, 5.41) is 14.3. The molecule has 0 saturated heterocycles. The van der Waals surface area contributed by atoms with Gasteiger partial charge in [0.25, 0.3) is 0 Å². The van der Waals surface area contributed by atoms with Gasteiger partial charge in [-0.3, -0.25) is 4.79 Å². The molecular formula is C20H25N5O2S2. The van der Waals surface area contributed by atoms with Crippen LogP contribution < -0.4 is 10.1 Å². The number of thioether (sulfide) groups is 1. The quantitative estimate of drug-likeness (QED) is 0.533. The van der Waals surface area contributed by atoms with Crippen molar-refractivity contribution < 1.29 is 9.53 Å². The van der Waals surface area contributed by atoms with Gasteiger partial charge in [-0.25, -0.2) is 4.98 Å². The topological polar surface area (TPSA) is 81.9 Å². The summed E-state index contributed by atoms with van der Waals surface area (Å²) in [4.78, 5) is 16.7. The van der Waals surface area contributed by atoms with Gasteiger partial charge in [-0.1, -0.05) is 29.5 Å². The Labute approximate surface area is 178 Å². The van der Waals surface area contributed by atoms with Crippen LogP contribution in [0.15, 0.2) is 28.7 Å². The fourth-order valence-electron chi connectivity index (χ4n) is 2.76. The molecule has 154 valence electrons. The summed E-state index contributed by atoms with van der Waals surface area (Å²) in [5.41, 5.74) is 3.18. The van der Waals surface area contributed by atoms with Crippen molar-refractivity contribution in [2.75, 3.05) is 5.32 Å². The van der Waals surface area contributed by atoms with E-state index in [-0.39, 0.29) is 11.2 Å². The molecule has 0 aliphatic rings. The van der Waals surface area contributed by atoms with Crippen molar-refractivity contribution >= 4 is 34.1 Å². The number of aromatic nitrogens is 4. The van der Waals surface area contributed by atoms with Crippen LogP contribution >= 0.6 is 23.1 Å². The van der Waals surface area contributed by atoms with Crippen LogP contribution in [0, 0.1) is 20.8 Å². The fourth-order valence-corrected chi connectivity index (χ4v) is 4.39. The first-order chi connectivity index (χ1) is 13.9. The molecule has 2 heterocycles. The minimum absolute atomic E-state index is 0.108. The third kappa shape index (κ3) is 5.36. The Balaban J connectivity index is 1.64. The zero-order chi connectivity index (χ0) is 21.0. The lowest BCUT2D eigenvalue weighted by Crippen LogP contribution is -2.23. The summed E-state index contributed by atoms with van der Waals surface area (Å²) in [7, 11) is 0. The smallest absolute Gasteiger partial charge is 0.239 e. The van der Waals surface area contributed by atoms with Gasteiger partial charge in [0.2, 0.25) is 5.91 Å². The normalized spacial score (nSPS) is 12.0. The molecule has 2 aromatic heterocycles. The summed E-state index contributed by atoms with van der Waals surface area (Å²) in [6.45, 7) is 10.9. The summed E-state index contributed by atoms with van der Waals surface area (Å²) in [5.74, 6) is 1.46. The Morgan fingerprint density at radius 3 is 2.76 bits per heavy atom. The van der Waals surface area contributed by atoms with E-state index in [1.807, 2.05) is 49.8 Å². The van der Waals surface area contributed by atoms with Crippen LogP contribution in [0.25, 0.3) is 0 Å². The number of carbonyl (C=O) groups excluding carboxylic acids is 1. The van der Waals surface area contributed by atoms with E-state index in [2.05, 4.69) is 33.5 Å². The molecule has 0 fully saturated rings. The number of nitrogens with zero attached hydrogens (tertiary/aromatic N) is 4. The fraction of sp³-hybridized carbons (Fsp3) is 0.400. The summed E-state index contributed by atoms with van der Waals surface area (Å²) >= 11 is 2.79. The first-order valence-electron chi connectivity index (χ1n) is 9.39. The molecule has 3 aromatic rings. The molecule has 0 aliphatic carbocycles. The number of anilines is 1. The van der Waals surface area contributed by atoms with Crippen molar-refractivity contribution in [3.05, 3.63) is 46.2 Å². The van der Waals surface area contributed by atoms with Gasteiger partial charge in [0.1, 0.15) is 12.4 Å². The standard InChI is InChI=1S/C20H25N5O2S2/c1-6-25-17(10-27-16-8-7-12(2)9-13(16)3)23-24-20(25)29-15(5)18(26)22-19-21-14(4)11-28-19/h7-9,11,15H,6,10H2,1-5H3,(H,21,22,26). The molecule has 1 amide bonds. The van der Waals surface area contributed by atoms with Crippen molar-refractivity contribution in [1.29, 1.82) is 0 Å². The number of carbonyl (C=O) groups is 1. The molecular weight excluding hydrogens is 406 g/mol. The van der Waals surface area contributed by atoms with Gasteiger partial charge in [0, 0.05) is 11.9 Å². The minimum atomic E-state index is -0.332. The first kappa shape index (κ1) is 21.3. The third-order valence-electron chi connectivity index (χ3n) is 4.30. The molecule has 7 nitrogen and oxygen atoms in total. The van der Waals surface area contributed by atoms with Crippen molar-refractivity contribution in [2.45, 2.75) is 58.2 Å². The predicted octanol–water partition coefficient (Wildman–Crippen LogP) is 4.38. The zero-order valence-electron chi connectivity index (χ0n) is 17.2. The second kappa shape index (κ2) is 9.41. The van der Waals surface area contributed by atoms with Crippen molar-refractivity contribution in [2.24, 2.45) is 0 Å². The van der Waals surface area contributed by atoms with E-state index in [0.29, 0.717) is 23.4 Å². The molecule has 0 bridgehead atoms. The lowest BCUT2D eigenvalue weighted by molar-refractivity contribution is -0.115. The second-order valence-electron chi connectivity index (χ2n) is 6.74. The van der Waals surface area contributed by atoms with E-state index >= 15 is 0 Å². The maximum atomic E-state index is 12.5. The predicted molar refractivity (Wildman–Crippen MR) is 117 cm³/mol. The zero-order valence-corrected chi connectivity index (χ0v) is 18.9. The highest BCUT2D eigenvalue weighted by atomic mass is 32.2. The molecule has 0 spiro atoms. The molecule has 1 unspecified atom stereocenters. The molecule has 29 heavy (non-hydrogen) atoms. The number of benzene rings is 1. The Hall–Kier alpha value is -2.39. The van der Waals surface area contributed by atoms with E-state index < -0.39 is 0 Å². The molecule has 1 N–H and O–H groups in total. The van der Waals surface area contributed by atoms with Gasteiger partial charge in [0.05, 0.1) is 10.9 Å². The maximum absolute atomic E-state index is 12.5. The van der Waals surface area contributed by atoms with Crippen LogP contribution in [-0.4, -0.2) is 30.9 Å². The molecule has 3 rings (SSSR count). The highest BCUT2D eigenvalue weighted by Crippen LogP contribution is 2.25. The number of thiazole rings is 1. The van der Waals surface area contributed by atoms with Gasteiger partial charge in [-0.2, -0.15) is 0 Å². The van der Waals surface area contributed by atoms with Crippen molar-refractivity contribution in [3.63, 3.8) is 0 Å². The van der Waals surface area contributed by atoms with Crippen LogP contribution in [0.4, 0.5) is 5.13 Å². The SMILES string of the molecule is CCn1c(COc2ccc(C)cc2C)nnc1SC(C)C(=O)Nc1nc(C)cs1. The molecule has 1 aromatic carbocycles. The van der Waals surface area contributed by atoms with E-state index in [9.17, 15) is 4.79 Å². The lowest BCUT2D eigenvalue weighted by atomic mass is 10.1. The minimum Gasteiger partial charge on any atom is -0.485 e. The molecule has 1 atom stereocenters. The highest BCUT2D eigenvalue weighted by molar-refractivity contribution is 8.00. The van der Waals surface area contributed by atoms with Crippen molar-refractivity contribution in [1.82, 2.24) is 19.7 Å². The number of rotatable bonds is 8. The Bertz CT molecular complexity index is 999. The van der Waals surface area contributed by atoms with E-state index in [0.717, 1.165) is 22.8 Å². The molecule has 0 aliphatic heterocycles. The van der Waals surface area contributed by atoms with Gasteiger partial charge < -0.3 is 14.6 Å². The molecule has 0 saturated carbocycles. The Morgan fingerprint density at radius 1 is 1.31 bits per heavy atom. The van der Waals surface area contributed by atoms with Crippen LogP contribution in [0.3, 0.4) is 0 Å². The number of amides is 1.